The third-order valence-corrected chi connectivity index (χ3v) is 6.90. The molecule has 4 rings (SSSR count). The van der Waals surface area contributed by atoms with E-state index in [2.05, 4.69) is 77.1 Å². The van der Waals surface area contributed by atoms with Crippen molar-refractivity contribution >= 4 is 6.08 Å². The van der Waals surface area contributed by atoms with Gasteiger partial charge in [-0.15, -0.1) is 0 Å². The largest absolute Gasteiger partial charge is 0.347 e. The van der Waals surface area contributed by atoms with E-state index in [0.717, 1.165) is 11.8 Å². The van der Waals surface area contributed by atoms with Gasteiger partial charge in [-0.25, -0.2) is 0 Å². The zero-order valence-electron chi connectivity index (χ0n) is 15.6. The van der Waals surface area contributed by atoms with Gasteiger partial charge in [-0.1, -0.05) is 63.3 Å². The van der Waals surface area contributed by atoms with Crippen LogP contribution in [0.4, 0.5) is 0 Å². The molecule has 130 valence electrons. The summed E-state index contributed by atoms with van der Waals surface area (Å²) in [4.78, 5) is 0. The van der Waals surface area contributed by atoms with Gasteiger partial charge in [0.2, 0.25) is 0 Å². The van der Waals surface area contributed by atoms with Crippen molar-refractivity contribution in [3.05, 3.63) is 42.0 Å². The molecule has 0 bridgehead atoms. The molecule has 0 unspecified atom stereocenters. The second-order valence-corrected chi connectivity index (χ2v) is 9.29. The van der Waals surface area contributed by atoms with E-state index >= 15 is 0 Å². The maximum Gasteiger partial charge on any atom is 0.163 e. The van der Waals surface area contributed by atoms with Crippen molar-refractivity contribution in [2.75, 3.05) is 0 Å². The van der Waals surface area contributed by atoms with Gasteiger partial charge in [0.15, 0.2) is 5.79 Å². The molecule has 24 heavy (non-hydrogen) atoms. The van der Waals surface area contributed by atoms with Gasteiger partial charge in [0, 0.05) is 5.41 Å². The Bertz CT molecular complexity index is 645. The van der Waals surface area contributed by atoms with E-state index in [1.165, 1.54) is 18.4 Å². The van der Waals surface area contributed by atoms with Crippen molar-refractivity contribution in [3.8, 4) is 0 Å². The van der Waals surface area contributed by atoms with Gasteiger partial charge >= 0.3 is 0 Å². The highest BCUT2D eigenvalue weighted by atomic mass is 16.7. The molecule has 0 radical (unpaired) electrons. The summed E-state index contributed by atoms with van der Waals surface area (Å²) in [5.74, 6) is 1.13. The van der Waals surface area contributed by atoms with Crippen molar-refractivity contribution in [1.82, 2.24) is 0 Å². The Labute approximate surface area is 146 Å². The van der Waals surface area contributed by atoms with Crippen LogP contribution in [-0.2, 0) is 9.47 Å². The van der Waals surface area contributed by atoms with E-state index in [1.54, 1.807) is 0 Å². The molecule has 1 aromatic carbocycles. The summed E-state index contributed by atoms with van der Waals surface area (Å²) in [7, 11) is 0. The SMILES string of the molecule is CC1(C)O[C@H](/C=C/c2ccccc2)[C@@]2(C)C[C@H]3[C@@H](C[C@H]2O1)C3(C)C. The average molecular weight is 326 g/mol. The number of hydrogen-bond acceptors (Lipinski definition) is 2. The van der Waals surface area contributed by atoms with Crippen molar-refractivity contribution in [1.29, 1.82) is 0 Å². The standard InChI is InChI=1S/C22H30O2/c1-20(2)16-13-19-22(5,14-17(16)20)18(23-21(3,4)24-19)12-11-15-9-7-6-8-10-15/h6-12,16-19H,13-14H2,1-5H3/b12-11+/t16-,17+,18-,19-,22-/m1/s1. The molecule has 1 aliphatic heterocycles. The Morgan fingerprint density at radius 3 is 2.38 bits per heavy atom. The molecule has 2 aliphatic carbocycles. The lowest BCUT2D eigenvalue weighted by Gasteiger charge is -2.53. The van der Waals surface area contributed by atoms with Gasteiger partial charge in [-0.2, -0.15) is 0 Å². The van der Waals surface area contributed by atoms with E-state index < -0.39 is 5.79 Å². The summed E-state index contributed by atoms with van der Waals surface area (Å²) in [5.41, 5.74) is 1.77. The summed E-state index contributed by atoms with van der Waals surface area (Å²) in [6.07, 6.45) is 7.24. The Balaban J connectivity index is 1.63. The van der Waals surface area contributed by atoms with Crippen molar-refractivity contribution in [3.63, 3.8) is 0 Å². The molecule has 1 saturated heterocycles. The van der Waals surface area contributed by atoms with Crippen molar-refractivity contribution in [2.24, 2.45) is 22.7 Å². The summed E-state index contributed by atoms with van der Waals surface area (Å²) in [5, 5.41) is 0. The molecule has 3 aliphatic rings. The van der Waals surface area contributed by atoms with Crippen LogP contribution in [0.3, 0.4) is 0 Å². The summed E-state index contributed by atoms with van der Waals surface area (Å²) in [6, 6.07) is 10.5. The van der Waals surface area contributed by atoms with Crippen LogP contribution in [0, 0.1) is 22.7 Å². The fourth-order valence-corrected chi connectivity index (χ4v) is 5.15. The minimum Gasteiger partial charge on any atom is -0.347 e. The van der Waals surface area contributed by atoms with Gasteiger partial charge in [-0.3, -0.25) is 0 Å². The number of fused-ring (bicyclic) bond motifs is 2. The first kappa shape index (κ1) is 16.4. The summed E-state index contributed by atoms with van der Waals surface area (Å²) < 4.78 is 12.8. The quantitative estimate of drug-likeness (QED) is 0.735. The zero-order valence-corrected chi connectivity index (χ0v) is 15.6. The minimum absolute atomic E-state index is 0.0652. The van der Waals surface area contributed by atoms with Crippen LogP contribution in [0.1, 0.15) is 53.0 Å². The predicted molar refractivity (Wildman–Crippen MR) is 97.4 cm³/mol. The lowest BCUT2D eigenvalue weighted by Crippen LogP contribution is -2.58. The van der Waals surface area contributed by atoms with Gasteiger partial charge in [0.25, 0.3) is 0 Å². The van der Waals surface area contributed by atoms with E-state index in [1.807, 2.05) is 0 Å². The Hall–Kier alpha value is -1.12. The predicted octanol–water partition coefficient (Wildman–Crippen LogP) is 5.29. The molecule has 3 fully saturated rings. The molecule has 5 atom stereocenters. The topological polar surface area (TPSA) is 18.5 Å². The first-order valence-electron chi connectivity index (χ1n) is 9.31. The molecule has 0 spiro atoms. The first-order valence-corrected chi connectivity index (χ1v) is 9.31. The van der Waals surface area contributed by atoms with E-state index in [4.69, 9.17) is 9.47 Å². The molecule has 2 saturated carbocycles. The zero-order chi connectivity index (χ0) is 17.2. The third kappa shape index (κ3) is 2.55. The van der Waals surface area contributed by atoms with Crippen molar-refractivity contribution in [2.45, 2.75) is 65.5 Å². The smallest absolute Gasteiger partial charge is 0.163 e. The summed E-state index contributed by atoms with van der Waals surface area (Å²) in [6.45, 7) is 11.3. The van der Waals surface area contributed by atoms with Gasteiger partial charge in [0.1, 0.15) is 0 Å². The Morgan fingerprint density at radius 1 is 0.958 bits per heavy atom. The monoisotopic (exact) mass is 326 g/mol. The summed E-state index contributed by atoms with van der Waals surface area (Å²) >= 11 is 0. The minimum atomic E-state index is -0.512. The van der Waals surface area contributed by atoms with Crippen LogP contribution in [0.2, 0.25) is 0 Å². The van der Waals surface area contributed by atoms with Crippen LogP contribution in [0.5, 0.6) is 0 Å². The van der Waals surface area contributed by atoms with Gasteiger partial charge in [-0.05, 0) is 49.5 Å². The normalized spacial score (nSPS) is 42.4. The molecule has 2 nitrogen and oxygen atoms in total. The Kier molecular flexibility index (Phi) is 3.54. The highest BCUT2D eigenvalue weighted by Gasteiger charge is 2.67. The molecule has 0 aromatic heterocycles. The second kappa shape index (κ2) is 5.19. The fraction of sp³-hybridized carbons (Fsp3) is 0.636. The maximum absolute atomic E-state index is 6.40. The number of rotatable bonds is 2. The van der Waals surface area contributed by atoms with Crippen LogP contribution in [0.25, 0.3) is 6.08 Å². The Morgan fingerprint density at radius 2 is 1.67 bits per heavy atom. The van der Waals surface area contributed by atoms with Crippen LogP contribution < -0.4 is 0 Å². The lowest BCUT2D eigenvalue weighted by atomic mass is 9.68. The maximum atomic E-state index is 6.40. The number of hydrogen-bond donors (Lipinski definition) is 0. The van der Waals surface area contributed by atoms with Crippen LogP contribution in [0.15, 0.2) is 36.4 Å². The number of benzene rings is 1. The lowest BCUT2D eigenvalue weighted by molar-refractivity contribution is -0.341. The molecule has 0 amide bonds. The highest BCUT2D eigenvalue weighted by Crippen LogP contribution is 2.70. The van der Waals surface area contributed by atoms with Gasteiger partial charge in [0.05, 0.1) is 12.2 Å². The average Bonchev–Trinajstić information content (AvgIpc) is 3.03. The second-order valence-electron chi connectivity index (χ2n) is 9.29. The molecule has 1 aromatic rings. The van der Waals surface area contributed by atoms with Crippen LogP contribution >= 0.6 is 0 Å². The van der Waals surface area contributed by atoms with Crippen molar-refractivity contribution < 1.29 is 9.47 Å². The molecular formula is C22H30O2. The first-order chi connectivity index (χ1) is 11.2. The third-order valence-electron chi connectivity index (χ3n) is 6.90. The van der Waals surface area contributed by atoms with Crippen LogP contribution in [-0.4, -0.2) is 18.0 Å². The molecule has 1 heterocycles. The van der Waals surface area contributed by atoms with E-state index in [0.29, 0.717) is 5.41 Å². The van der Waals surface area contributed by atoms with E-state index in [-0.39, 0.29) is 17.6 Å². The molecular weight excluding hydrogens is 296 g/mol. The van der Waals surface area contributed by atoms with E-state index in [9.17, 15) is 0 Å². The van der Waals surface area contributed by atoms with Gasteiger partial charge < -0.3 is 9.47 Å². The highest BCUT2D eigenvalue weighted by molar-refractivity contribution is 5.49. The molecule has 2 heteroatoms. The fourth-order valence-electron chi connectivity index (χ4n) is 5.15. The molecule has 0 N–H and O–H groups in total. The number of ether oxygens (including phenoxy) is 2.